The SMILES string of the molecule is CC(C)CC(NC(=O)C(CCC(=O)O)NCC=O)C(=O)NC(C(N)=O)C(C)C. The van der Waals surface area contributed by atoms with Crippen molar-refractivity contribution in [3.8, 4) is 0 Å². The number of nitrogens with one attached hydrogen (secondary N) is 3. The molecule has 0 radical (unpaired) electrons. The van der Waals surface area contributed by atoms with Gasteiger partial charge >= 0.3 is 5.97 Å². The molecule has 0 saturated heterocycles. The number of amides is 3. The van der Waals surface area contributed by atoms with Gasteiger partial charge in [-0.2, -0.15) is 0 Å². The highest BCUT2D eigenvalue weighted by atomic mass is 16.4. The molecule has 10 heteroatoms. The molecule has 10 nitrogen and oxygen atoms in total. The van der Waals surface area contributed by atoms with Crippen LogP contribution in [0.2, 0.25) is 0 Å². The lowest BCUT2D eigenvalue weighted by atomic mass is 9.99. The summed E-state index contributed by atoms with van der Waals surface area (Å²) in [5, 5.41) is 16.6. The number of carbonyl (C=O) groups excluding carboxylic acids is 4. The van der Waals surface area contributed by atoms with Crippen LogP contribution >= 0.6 is 0 Å². The average molecular weight is 400 g/mol. The van der Waals surface area contributed by atoms with Gasteiger partial charge in [0.15, 0.2) is 0 Å². The Bertz CT molecular complexity index is 564. The van der Waals surface area contributed by atoms with Crippen molar-refractivity contribution in [1.82, 2.24) is 16.0 Å². The summed E-state index contributed by atoms with van der Waals surface area (Å²) in [5.41, 5.74) is 5.32. The van der Waals surface area contributed by atoms with E-state index in [4.69, 9.17) is 10.8 Å². The van der Waals surface area contributed by atoms with Crippen LogP contribution in [0.4, 0.5) is 0 Å². The molecule has 160 valence electrons. The topological polar surface area (TPSA) is 168 Å². The predicted molar refractivity (Wildman–Crippen MR) is 102 cm³/mol. The highest BCUT2D eigenvalue weighted by Crippen LogP contribution is 2.09. The minimum atomic E-state index is -1.08. The Kier molecular flexibility index (Phi) is 11.7. The van der Waals surface area contributed by atoms with Gasteiger partial charge in [0, 0.05) is 6.42 Å². The molecule has 28 heavy (non-hydrogen) atoms. The number of nitrogens with two attached hydrogens (primary N) is 1. The molecule has 3 atom stereocenters. The molecule has 0 rings (SSSR count). The van der Waals surface area contributed by atoms with Crippen molar-refractivity contribution in [2.24, 2.45) is 17.6 Å². The first-order valence-corrected chi connectivity index (χ1v) is 9.28. The van der Waals surface area contributed by atoms with E-state index in [0.717, 1.165) is 0 Å². The quantitative estimate of drug-likeness (QED) is 0.237. The molecule has 0 saturated carbocycles. The Morgan fingerprint density at radius 3 is 2.00 bits per heavy atom. The highest BCUT2D eigenvalue weighted by Gasteiger charge is 2.30. The largest absolute Gasteiger partial charge is 0.481 e. The van der Waals surface area contributed by atoms with Crippen LogP contribution in [0.5, 0.6) is 0 Å². The smallest absolute Gasteiger partial charge is 0.303 e. The first-order valence-electron chi connectivity index (χ1n) is 9.28. The van der Waals surface area contributed by atoms with Crippen molar-refractivity contribution in [2.45, 2.75) is 65.1 Å². The first-order chi connectivity index (χ1) is 13.0. The number of primary amides is 1. The lowest BCUT2D eigenvalue weighted by Gasteiger charge is -2.26. The minimum absolute atomic E-state index is 0.0407. The Balaban J connectivity index is 5.26. The predicted octanol–water partition coefficient (Wildman–Crippen LogP) is -0.835. The summed E-state index contributed by atoms with van der Waals surface area (Å²) in [6.45, 7) is 7.07. The zero-order valence-electron chi connectivity index (χ0n) is 16.9. The van der Waals surface area contributed by atoms with Gasteiger partial charge in [-0.3, -0.25) is 24.5 Å². The van der Waals surface area contributed by atoms with Crippen LogP contribution in [0.15, 0.2) is 0 Å². The number of carboxylic acid groups (broad SMARTS) is 1. The molecule has 3 amide bonds. The van der Waals surface area contributed by atoms with E-state index in [1.807, 2.05) is 13.8 Å². The van der Waals surface area contributed by atoms with Gasteiger partial charge in [0.05, 0.1) is 12.6 Å². The first kappa shape index (κ1) is 25.5. The normalized spacial score (nSPS) is 14.2. The number of hydrogen-bond donors (Lipinski definition) is 5. The van der Waals surface area contributed by atoms with Crippen molar-refractivity contribution < 1.29 is 29.1 Å². The molecule has 0 aromatic carbocycles. The molecule has 0 aromatic heterocycles. The summed E-state index contributed by atoms with van der Waals surface area (Å²) >= 11 is 0. The summed E-state index contributed by atoms with van der Waals surface area (Å²) in [6.07, 6.45) is 0.545. The maximum absolute atomic E-state index is 12.6. The summed E-state index contributed by atoms with van der Waals surface area (Å²) in [6, 6.07) is -2.76. The summed E-state index contributed by atoms with van der Waals surface area (Å²) in [7, 11) is 0. The van der Waals surface area contributed by atoms with E-state index >= 15 is 0 Å². The van der Waals surface area contributed by atoms with Crippen LogP contribution in [0.3, 0.4) is 0 Å². The standard InChI is InChI=1S/C18H32N4O6/c1-10(2)9-13(18(28)22-15(11(3)4)16(19)26)21-17(27)12(20-7-8-23)5-6-14(24)25/h8,10-13,15,20H,5-7,9H2,1-4H3,(H2,19,26)(H,21,27)(H,22,28)(H,24,25). The van der Waals surface area contributed by atoms with Gasteiger partial charge in [-0.25, -0.2) is 0 Å². The Hall–Kier alpha value is -2.49. The summed E-state index contributed by atoms with van der Waals surface area (Å²) < 4.78 is 0. The average Bonchev–Trinajstić information content (AvgIpc) is 2.57. The molecule has 0 bridgehead atoms. The van der Waals surface area contributed by atoms with Gasteiger partial charge in [0.2, 0.25) is 17.7 Å². The lowest BCUT2D eigenvalue weighted by molar-refractivity contribution is -0.137. The van der Waals surface area contributed by atoms with Crippen LogP contribution in [-0.2, 0) is 24.0 Å². The highest BCUT2D eigenvalue weighted by molar-refractivity contribution is 5.93. The number of carboxylic acids is 1. The zero-order chi connectivity index (χ0) is 21.9. The Morgan fingerprint density at radius 1 is 1.00 bits per heavy atom. The maximum atomic E-state index is 12.6. The van der Waals surface area contributed by atoms with Gasteiger partial charge in [-0.05, 0) is 24.7 Å². The third kappa shape index (κ3) is 10.0. The maximum Gasteiger partial charge on any atom is 0.303 e. The van der Waals surface area contributed by atoms with Gasteiger partial charge in [0.1, 0.15) is 18.4 Å². The Morgan fingerprint density at radius 2 is 1.57 bits per heavy atom. The van der Waals surface area contributed by atoms with Gasteiger partial charge in [-0.1, -0.05) is 27.7 Å². The van der Waals surface area contributed by atoms with Gasteiger partial charge < -0.3 is 26.3 Å². The molecule has 0 aliphatic heterocycles. The molecule has 6 N–H and O–H groups in total. The van der Waals surface area contributed by atoms with Gasteiger partial charge in [0.25, 0.3) is 0 Å². The van der Waals surface area contributed by atoms with Crippen molar-refractivity contribution >= 4 is 30.0 Å². The van der Waals surface area contributed by atoms with E-state index in [0.29, 0.717) is 12.7 Å². The molecule has 0 fully saturated rings. The molecule has 0 spiro atoms. The second kappa shape index (κ2) is 12.8. The minimum Gasteiger partial charge on any atom is -0.481 e. The fourth-order valence-electron chi connectivity index (χ4n) is 2.58. The van der Waals surface area contributed by atoms with Crippen molar-refractivity contribution in [2.75, 3.05) is 6.54 Å². The summed E-state index contributed by atoms with van der Waals surface area (Å²) in [5.74, 6) is -3.07. The second-order valence-electron chi connectivity index (χ2n) is 7.38. The molecule has 0 aliphatic carbocycles. The van der Waals surface area contributed by atoms with E-state index in [-0.39, 0.29) is 31.2 Å². The molecular weight excluding hydrogens is 368 g/mol. The second-order valence-corrected chi connectivity index (χ2v) is 7.38. The fourth-order valence-corrected chi connectivity index (χ4v) is 2.58. The summed E-state index contributed by atoms with van der Waals surface area (Å²) in [4.78, 5) is 58.1. The van der Waals surface area contributed by atoms with Crippen molar-refractivity contribution in [1.29, 1.82) is 0 Å². The number of carbonyl (C=O) groups is 5. The fraction of sp³-hybridized carbons (Fsp3) is 0.722. The molecule has 0 heterocycles. The van der Waals surface area contributed by atoms with Crippen molar-refractivity contribution in [3.63, 3.8) is 0 Å². The third-order valence-corrected chi connectivity index (χ3v) is 4.02. The zero-order valence-corrected chi connectivity index (χ0v) is 16.9. The number of rotatable bonds is 14. The molecule has 0 aromatic rings. The number of aliphatic carboxylic acids is 1. The van der Waals surface area contributed by atoms with Crippen LogP contribution in [0, 0.1) is 11.8 Å². The van der Waals surface area contributed by atoms with E-state index in [1.54, 1.807) is 13.8 Å². The van der Waals surface area contributed by atoms with Crippen molar-refractivity contribution in [3.05, 3.63) is 0 Å². The molecule has 0 aliphatic rings. The Labute approximate surface area is 165 Å². The number of hydrogen-bond acceptors (Lipinski definition) is 6. The van der Waals surface area contributed by atoms with Crippen LogP contribution in [0.25, 0.3) is 0 Å². The number of aldehydes is 1. The van der Waals surface area contributed by atoms with Crippen LogP contribution in [-0.4, -0.2) is 59.8 Å². The van der Waals surface area contributed by atoms with E-state index in [2.05, 4.69) is 16.0 Å². The van der Waals surface area contributed by atoms with Gasteiger partial charge in [-0.15, -0.1) is 0 Å². The third-order valence-electron chi connectivity index (χ3n) is 4.02. The lowest BCUT2D eigenvalue weighted by Crippen LogP contribution is -2.57. The molecular formula is C18H32N4O6. The van der Waals surface area contributed by atoms with E-state index < -0.39 is 41.8 Å². The van der Waals surface area contributed by atoms with E-state index in [1.165, 1.54) is 0 Å². The van der Waals surface area contributed by atoms with Crippen LogP contribution < -0.4 is 21.7 Å². The molecule has 3 unspecified atom stereocenters. The van der Waals surface area contributed by atoms with E-state index in [9.17, 15) is 24.0 Å². The monoisotopic (exact) mass is 400 g/mol. The van der Waals surface area contributed by atoms with Crippen LogP contribution in [0.1, 0.15) is 47.0 Å².